The van der Waals surface area contributed by atoms with Crippen LogP contribution in [0.1, 0.15) is 33.7 Å². The Bertz CT molecular complexity index is 1140. The molecule has 0 aliphatic heterocycles. The second-order valence-electron chi connectivity index (χ2n) is 8.04. The van der Waals surface area contributed by atoms with E-state index in [0.717, 1.165) is 22.4 Å². The van der Waals surface area contributed by atoms with E-state index in [1.54, 1.807) is 24.9 Å². The van der Waals surface area contributed by atoms with Crippen molar-refractivity contribution in [3.05, 3.63) is 70.0 Å². The van der Waals surface area contributed by atoms with Crippen molar-refractivity contribution in [2.24, 2.45) is 5.18 Å². The Labute approximate surface area is 193 Å². The highest BCUT2D eigenvalue weighted by atomic mass is 16.3. The van der Waals surface area contributed by atoms with Crippen LogP contribution in [0.15, 0.2) is 47.8 Å². The van der Waals surface area contributed by atoms with E-state index in [1.165, 1.54) is 9.80 Å². The van der Waals surface area contributed by atoms with Gasteiger partial charge in [-0.1, -0.05) is 35.0 Å². The van der Waals surface area contributed by atoms with Crippen molar-refractivity contribution in [2.75, 3.05) is 32.1 Å². The summed E-state index contributed by atoms with van der Waals surface area (Å²) < 4.78 is 1.80. The van der Waals surface area contributed by atoms with Crippen LogP contribution in [-0.2, 0) is 11.3 Å². The Morgan fingerprint density at radius 1 is 1.15 bits per heavy atom. The standard InChI is InChI=1S/C24H28N6O3/c1-17-7-5-8-19(13-17)22-27-23(29(4)16-31)21(24(32)28(3)12-6-11-26-33)30(22)15-20-10-9-18(2)14-25-20/h5,7-10,13-14,16H,6,11-12,15H2,1-4H3. The lowest BCUT2D eigenvalue weighted by atomic mass is 10.1. The summed E-state index contributed by atoms with van der Waals surface area (Å²) in [6.07, 6.45) is 2.85. The van der Waals surface area contributed by atoms with Crippen molar-refractivity contribution in [1.82, 2.24) is 19.4 Å². The van der Waals surface area contributed by atoms with Crippen molar-refractivity contribution in [2.45, 2.75) is 26.8 Å². The Kier molecular flexibility index (Phi) is 7.66. The Morgan fingerprint density at radius 3 is 2.58 bits per heavy atom. The number of carbonyl (C=O) groups is 2. The van der Waals surface area contributed by atoms with Gasteiger partial charge in [-0.3, -0.25) is 14.6 Å². The first-order valence-corrected chi connectivity index (χ1v) is 10.7. The molecule has 0 spiro atoms. The summed E-state index contributed by atoms with van der Waals surface area (Å²) >= 11 is 0. The van der Waals surface area contributed by atoms with E-state index >= 15 is 0 Å². The van der Waals surface area contributed by atoms with Gasteiger partial charge in [-0.2, -0.15) is 4.91 Å². The summed E-state index contributed by atoms with van der Waals surface area (Å²) in [5.74, 6) is 0.526. The Morgan fingerprint density at radius 2 is 1.94 bits per heavy atom. The maximum atomic E-state index is 13.6. The van der Waals surface area contributed by atoms with Crippen LogP contribution in [0.4, 0.5) is 5.82 Å². The predicted molar refractivity (Wildman–Crippen MR) is 127 cm³/mol. The molecule has 0 fully saturated rings. The molecule has 3 rings (SSSR count). The molecule has 0 aliphatic carbocycles. The molecule has 0 N–H and O–H groups in total. The molecule has 0 unspecified atom stereocenters. The molecule has 0 bridgehead atoms. The fourth-order valence-corrected chi connectivity index (χ4v) is 3.51. The summed E-state index contributed by atoms with van der Waals surface area (Å²) in [6.45, 7) is 4.72. The number of carbonyl (C=O) groups excluding carboxylic acids is 2. The smallest absolute Gasteiger partial charge is 0.274 e. The van der Waals surface area contributed by atoms with E-state index in [2.05, 4.69) is 10.2 Å². The highest BCUT2D eigenvalue weighted by molar-refractivity contribution is 6.00. The van der Waals surface area contributed by atoms with E-state index in [-0.39, 0.29) is 24.0 Å². The van der Waals surface area contributed by atoms with Gasteiger partial charge < -0.3 is 14.4 Å². The third-order valence-corrected chi connectivity index (χ3v) is 5.30. The van der Waals surface area contributed by atoms with E-state index in [4.69, 9.17) is 4.98 Å². The first kappa shape index (κ1) is 23.8. The van der Waals surface area contributed by atoms with Crippen LogP contribution in [0.2, 0.25) is 0 Å². The van der Waals surface area contributed by atoms with Gasteiger partial charge in [0.1, 0.15) is 5.82 Å². The van der Waals surface area contributed by atoms with Crippen molar-refractivity contribution < 1.29 is 9.59 Å². The maximum absolute atomic E-state index is 13.6. The highest BCUT2D eigenvalue weighted by Gasteiger charge is 2.28. The quantitative estimate of drug-likeness (QED) is 0.269. The van der Waals surface area contributed by atoms with Gasteiger partial charge in [0.05, 0.1) is 18.8 Å². The van der Waals surface area contributed by atoms with E-state index in [1.807, 2.05) is 50.2 Å². The average molecular weight is 449 g/mol. The third kappa shape index (κ3) is 5.49. The van der Waals surface area contributed by atoms with Gasteiger partial charge in [-0.05, 0) is 38.0 Å². The number of aromatic nitrogens is 3. The van der Waals surface area contributed by atoms with Gasteiger partial charge in [0, 0.05) is 32.4 Å². The minimum absolute atomic E-state index is 0.125. The molecule has 2 heterocycles. The van der Waals surface area contributed by atoms with Crippen LogP contribution in [0.3, 0.4) is 0 Å². The zero-order chi connectivity index (χ0) is 24.0. The highest BCUT2D eigenvalue weighted by Crippen LogP contribution is 2.29. The monoisotopic (exact) mass is 448 g/mol. The molecule has 9 heteroatoms. The van der Waals surface area contributed by atoms with E-state index in [0.29, 0.717) is 31.7 Å². The largest absolute Gasteiger partial charge is 0.340 e. The average Bonchev–Trinajstić information content (AvgIpc) is 3.18. The second-order valence-corrected chi connectivity index (χ2v) is 8.04. The van der Waals surface area contributed by atoms with Gasteiger partial charge >= 0.3 is 0 Å². The Balaban J connectivity index is 2.18. The molecule has 2 amide bonds. The summed E-state index contributed by atoms with van der Waals surface area (Å²) in [4.78, 5) is 47.7. The van der Waals surface area contributed by atoms with Gasteiger partial charge in [-0.15, -0.1) is 0 Å². The number of amides is 2. The van der Waals surface area contributed by atoms with Gasteiger partial charge in [0.25, 0.3) is 5.91 Å². The van der Waals surface area contributed by atoms with Gasteiger partial charge in [0.15, 0.2) is 11.5 Å². The van der Waals surface area contributed by atoms with E-state index in [9.17, 15) is 14.5 Å². The topological polar surface area (TPSA) is 101 Å². The van der Waals surface area contributed by atoms with E-state index < -0.39 is 0 Å². The number of imidazole rings is 1. The number of rotatable bonds is 10. The molecule has 0 aliphatic rings. The van der Waals surface area contributed by atoms with Gasteiger partial charge in [-0.25, -0.2) is 4.98 Å². The summed E-state index contributed by atoms with van der Waals surface area (Å²) in [7, 11) is 3.22. The molecule has 0 radical (unpaired) electrons. The number of aryl methyl sites for hydroxylation is 2. The molecular formula is C24H28N6O3. The minimum atomic E-state index is -0.303. The first-order valence-electron chi connectivity index (χ1n) is 10.7. The molecule has 172 valence electrons. The van der Waals surface area contributed by atoms with Gasteiger partial charge in [0.2, 0.25) is 6.41 Å². The fourth-order valence-electron chi connectivity index (χ4n) is 3.51. The maximum Gasteiger partial charge on any atom is 0.274 e. The number of nitrogens with zero attached hydrogens (tertiary/aromatic N) is 6. The van der Waals surface area contributed by atoms with Crippen LogP contribution < -0.4 is 4.90 Å². The zero-order valence-corrected chi connectivity index (χ0v) is 19.4. The third-order valence-electron chi connectivity index (χ3n) is 5.30. The minimum Gasteiger partial charge on any atom is -0.340 e. The van der Waals surface area contributed by atoms with Crippen LogP contribution in [0.5, 0.6) is 0 Å². The zero-order valence-electron chi connectivity index (χ0n) is 19.4. The fraction of sp³-hybridized carbons (Fsp3) is 0.333. The van der Waals surface area contributed by atoms with Crippen molar-refractivity contribution in [1.29, 1.82) is 0 Å². The van der Waals surface area contributed by atoms with Crippen LogP contribution in [-0.4, -0.2) is 58.9 Å². The van der Waals surface area contributed by atoms with Crippen molar-refractivity contribution >= 4 is 18.1 Å². The molecule has 2 aromatic heterocycles. The SMILES string of the molecule is Cc1ccc(Cn2c(-c3cccc(C)c3)nc(N(C)C=O)c2C(=O)N(C)CCCN=O)nc1. The lowest BCUT2D eigenvalue weighted by molar-refractivity contribution is -0.107. The number of benzene rings is 1. The molecule has 33 heavy (non-hydrogen) atoms. The number of nitroso groups, excluding NO2 is 1. The molecule has 0 saturated carbocycles. The molecule has 9 nitrogen and oxygen atoms in total. The Hall–Kier alpha value is -3.88. The molecule has 1 aromatic carbocycles. The second kappa shape index (κ2) is 10.6. The summed E-state index contributed by atoms with van der Waals surface area (Å²) in [5.41, 5.74) is 3.95. The predicted octanol–water partition coefficient (Wildman–Crippen LogP) is 3.43. The normalized spacial score (nSPS) is 10.7. The molecule has 0 atom stereocenters. The lowest BCUT2D eigenvalue weighted by Gasteiger charge is -2.20. The summed E-state index contributed by atoms with van der Waals surface area (Å²) in [5, 5.41) is 2.86. The van der Waals surface area contributed by atoms with Crippen LogP contribution in [0.25, 0.3) is 11.4 Å². The molecular weight excluding hydrogens is 420 g/mol. The molecule has 0 saturated heterocycles. The lowest BCUT2D eigenvalue weighted by Crippen LogP contribution is -2.32. The number of hydrogen-bond donors (Lipinski definition) is 0. The van der Waals surface area contributed by atoms with Crippen LogP contribution in [0, 0.1) is 18.8 Å². The number of anilines is 1. The number of pyridine rings is 1. The summed E-state index contributed by atoms with van der Waals surface area (Å²) in [6, 6.07) is 11.7. The van der Waals surface area contributed by atoms with Crippen molar-refractivity contribution in [3.63, 3.8) is 0 Å². The number of hydrogen-bond acceptors (Lipinski definition) is 6. The molecule has 3 aromatic rings. The first-order chi connectivity index (χ1) is 15.8. The van der Waals surface area contributed by atoms with Crippen LogP contribution >= 0.6 is 0 Å². The van der Waals surface area contributed by atoms with Crippen molar-refractivity contribution in [3.8, 4) is 11.4 Å².